The van der Waals surface area contributed by atoms with Crippen molar-refractivity contribution in [3.8, 4) is 0 Å². The summed E-state index contributed by atoms with van der Waals surface area (Å²) in [4.78, 5) is 15.3. The highest BCUT2D eigenvalue weighted by atomic mass is 16.5. The molecule has 3 aliphatic rings. The van der Waals surface area contributed by atoms with Crippen LogP contribution in [-0.2, 0) is 10.2 Å². The zero-order chi connectivity index (χ0) is 19.8. The monoisotopic (exact) mass is 381 g/mol. The lowest BCUT2D eigenvalue weighted by Crippen LogP contribution is -2.51. The van der Waals surface area contributed by atoms with Gasteiger partial charge in [0.2, 0.25) is 5.89 Å². The maximum absolute atomic E-state index is 10.7. The van der Waals surface area contributed by atoms with Gasteiger partial charge in [-0.1, -0.05) is 17.3 Å². The van der Waals surface area contributed by atoms with E-state index in [1.807, 2.05) is 31.2 Å². The van der Waals surface area contributed by atoms with Crippen LogP contribution in [0.4, 0.5) is 5.69 Å². The molecule has 1 aromatic carbocycles. The number of fused-ring (bicyclic) bond motifs is 3. The summed E-state index contributed by atoms with van der Waals surface area (Å²) in [6, 6.07) is 8.26. The molecule has 1 aromatic heterocycles. The minimum Gasteiger partial charge on any atom is -0.478 e. The number of hydrogen-bond donors (Lipinski definition) is 2. The van der Waals surface area contributed by atoms with E-state index in [2.05, 4.69) is 22.4 Å². The Balaban J connectivity index is 1.45. The van der Waals surface area contributed by atoms with Gasteiger partial charge in [-0.3, -0.25) is 0 Å². The Bertz CT molecular complexity index is 877. The highest BCUT2D eigenvalue weighted by molar-refractivity contribution is 5.85. The van der Waals surface area contributed by atoms with Gasteiger partial charge in [-0.05, 0) is 81.6 Å². The van der Waals surface area contributed by atoms with Crippen LogP contribution in [-0.4, -0.2) is 27.3 Å². The summed E-state index contributed by atoms with van der Waals surface area (Å²) >= 11 is 0. The number of hydrogen-bond acceptors (Lipinski definition) is 5. The number of aryl methyl sites for hydroxylation is 1. The fraction of sp³-hybridized carbons (Fsp3) is 0.500. The lowest BCUT2D eigenvalue weighted by molar-refractivity contribution is -0.131. The predicted molar refractivity (Wildman–Crippen MR) is 107 cm³/mol. The van der Waals surface area contributed by atoms with Gasteiger partial charge in [0.15, 0.2) is 5.82 Å². The Hall–Kier alpha value is -2.63. The second-order valence-electron chi connectivity index (χ2n) is 8.45. The third-order valence-corrected chi connectivity index (χ3v) is 6.89. The Morgan fingerprint density at radius 1 is 1.25 bits per heavy atom. The minimum absolute atomic E-state index is 0.0737. The van der Waals surface area contributed by atoms with Gasteiger partial charge < -0.3 is 14.9 Å². The molecule has 1 unspecified atom stereocenters. The number of aromatic nitrogens is 2. The normalized spacial score (nSPS) is 27.8. The van der Waals surface area contributed by atoms with Gasteiger partial charge in [0.1, 0.15) is 0 Å². The first-order valence-electron chi connectivity index (χ1n) is 9.99. The number of nitrogens with zero attached hydrogens (tertiary/aromatic N) is 2. The average molecular weight is 381 g/mol. The minimum atomic E-state index is -0.935. The molecule has 0 aliphatic heterocycles. The van der Waals surface area contributed by atoms with Crippen molar-refractivity contribution in [2.24, 2.45) is 5.41 Å². The third kappa shape index (κ3) is 3.43. The number of carboxylic acids is 1. The van der Waals surface area contributed by atoms with Crippen molar-refractivity contribution >= 4 is 17.7 Å². The lowest BCUT2D eigenvalue weighted by Gasteiger charge is -2.54. The SMILES string of the molecule is Cc1noc(C23CCC(C(C)Nc4cccc(/C=C/C(=O)O)c4)(CC2)CC3)n1. The molecule has 0 radical (unpaired) electrons. The van der Waals surface area contributed by atoms with E-state index < -0.39 is 5.97 Å². The summed E-state index contributed by atoms with van der Waals surface area (Å²) in [6.45, 7) is 4.15. The zero-order valence-electron chi connectivity index (χ0n) is 16.4. The fourth-order valence-electron chi connectivity index (χ4n) is 5.00. The molecule has 0 amide bonds. The Morgan fingerprint density at radius 2 is 1.96 bits per heavy atom. The summed E-state index contributed by atoms with van der Waals surface area (Å²) in [5.74, 6) is 0.616. The van der Waals surface area contributed by atoms with Gasteiger partial charge in [0.25, 0.3) is 0 Å². The van der Waals surface area contributed by atoms with Gasteiger partial charge in [0.05, 0.1) is 0 Å². The number of carboxylic acid groups (broad SMARTS) is 1. The molecule has 1 atom stereocenters. The molecule has 6 heteroatoms. The molecule has 2 N–H and O–H groups in total. The smallest absolute Gasteiger partial charge is 0.328 e. The maximum Gasteiger partial charge on any atom is 0.328 e. The zero-order valence-corrected chi connectivity index (χ0v) is 16.4. The lowest BCUT2D eigenvalue weighted by atomic mass is 9.51. The van der Waals surface area contributed by atoms with E-state index in [4.69, 9.17) is 9.63 Å². The van der Waals surface area contributed by atoms with Crippen LogP contribution in [0.25, 0.3) is 6.08 Å². The van der Waals surface area contributed by atoms with Crippen molar-refractivity contribution < 1.29 is 14.4 Å². The topological polar surface area (TPSA) is 88.2 Å². The van der Waals surface area contributed by atoms with E-state index in [1.54, 1.807) is 6.08 Å². The quantitative estimate of drug-likeness (QED) is 0.713. The van der Waals surface area contributed by atoms with Crippen molar-refractivity contribution in [3.05, 3.63) is 47.6 Å². The Kier molecular flexibility index (Phi) is 4.73. The van der Waals surface area contributed by atoms with E-state index in [1.165, 1.54) is 6.08 Å². The van der Waals surface area contributed by atoms with Crippen LogP contribution in [0.1, 0.15) is 62.7 Å². The molecular weight excluding hydrogens is 354 g/mol. The fourth-order valence-corrected chi connectivity index (χ4v) is 5.00. The van der Waals surface area contributed by atoms with Crippen LogP contribution in [0.15, 0.2) is 34.9 Å². The van der Waals surface area contributed by atoms with Crippen LogP contribution >= 0.6 is 0 Å². The number of aliphatic carboxylic acids is 1. The van der Waals surface area contributed by atoms with Crippen LogP contribution in [0.3, 0.4) is 0 Å². The number of nitrogens with one attached hydrogen (secondary N) is 1. The molecule has 3 saturated carbocycles. The van der Waals surface area contributed by atoms with E-state index in [0.29, 0.717) is 6.04 Å². The molecule has 2 aromatic rings. The first-order chi connectivity index (χ1) is 13.4. The van der Waals surface area contributed by atoms with Gasteiger partial charge in [-0.15, -0.1) is 0 Å². The molecule has 28 heavy (non-hydrogen) atoms. The second-order valence-corrected chi connectivity index (χ2v) is 8.45. The molecule has 0 spiro atoms. The predicted octanol–water partition coefficient (Wildman–Crippen LogP) is 4.57. The number of rotatable bonds is 6. The summed E-state index contributed by atoms with van der Waals surface area (Å²) < 4.78 is 5.54. The molecule has 148 valence electrons. The molecule has 0 saturated heterocycles. The first kappa shape index (κ1) is 18.7. The largest absolute Gasteiger partial charge is 0.478 e. The van der Waals surface area contributed by atoms with E-state index in [0.717, 1.165) is 61.5 Å². The molecule has 3 fully saturated rings. The highest BCUT2D eigenvalue weighted by Gasteiger charge is 2.53. The summed E-state index contributed by atoms with van der Waals surface area (Å²) in [7, 11) is 0. The number of benzene rings is 1. The van der Waals surface area contributed by atoms with Gasteiger partial charge >= 0.3 is 5.97 Å². The molecular formula is C22H27N3O3. The third-order valence-electron chi connectivity index (χ3n) is 6.89. The molecule has 3 aliphatic carbocycles. The van der Waals surface area contributed by atoms with Gasteiger partial charge in [0, 0.05) is 23.2 Å². The Morgan fingerprint density at radius 3 is 2.57 bits per heavy atom. The molecule has 2 bridgehead atoms. The van der Waals surface area contributed by atoms with E-state index in [9.17, 15) is 4.79 Å². The first-order valence-corrected chi connectivity index (χ1v) is 9.99. The van der Waals surface area contributed by atoms with Crippen molar-refractivity contribution in [2.45, 2.75) is 63.8 Å². The summed E-state index contributed by atoms with van der Waals surface area (Å²) in [5, 5.41) is 16.5. The van der Waals surface area contributed by atoms with Crippen molar-refractivity contribution in [1.82, 2.24) is 10.1 Å². The van der Waals surface area contributed by atoms with Crippen LogP contribution in [0, 0.1) is 12.3 Å². The average Bonchev–Trinajstić information content (AvgIpc) is 3.15. The molecule has 1 heterocycles. The van der Waals surface area contributed by atoms with Gasteiger partial charge in [-0.25, -0.2) is 4.79 Å². The van der Waals surface area contributed by atoms with Crippen molar-refractivity contribution in [2.75, 3.05) is 5.32 Å². The van der Waals surface area contributed by atoms with Crippen LogP contribution in [0.2, 0.25) is 0 Å². The van der Waals surface area contributed by atoms with E-state index >= 15 is 0 Å². The summed E-state index contributed by atoms with van der Waals surface area (Å²) in [5.41, 5.74) is 2.27. The van der Waals surface area contributed by atoms with Crippen LogP contribution < -0.4 is 5.32 Å². The van der Waals surface area contributed by atoms with Gasteiger partial charge in [-0.2, -0.15) is 4.98 Å². The van der Waals surface area contributed by atoms with Crippen molar-refractivity contribution in [1.29, 1.82) is 0 Å². The standard InChI is InChI=1S/C22H27N3O3/c1-15(23-18-5-3-4-17(14-18)6-7-19(26)27)21-8-11-22(12-9-21,13-10-21)20-24-16(2)25-28-20/h3-7,14-15,23H,8-13H2,1-2H3,(H,26,27)/b7-6+. The molecule has 5 rings (SSSR count). The molecule has 6 nitrogen and oxygen atoms in total. The highest BCUT2D eigenvalue weighted by Crippen LogP contribution is 2.59. The summed E-state index contributed by atoms with van der Waals surface area (Å²) in [6.07, 6.45) is 9.55. The number of carbonyl (C=O) groups is 1. The van der Waals surface area contributed by atoms with E-state index in [-0.39, 0.29) is 10.8 Å². The van der Waals surface area contributed by atoms with Crippen LogP contribution in [0.5, 0.6) is 0 Å². The Labute approximate surface area is 165 Å². The van der Waals surface area contributed by atoms with Crippen molar-refractivity contribution in [3.63, 3.8) is 0 Å². The maximum atomic E-state index is 10.7. The number of anilines is 1. The second kappa shape index (κ2) is 7.08.